The zero-order valence-corrected chi connectivity index (χ0v) is 15.9. The van der Waals surface area contributed by atoms with E-state index in [1.54, 1.807) is 42.5 Å². The van der Waals surface area contributed by atoms with E-state index in [9.17, 15) is 9.18 Å². The minimum Gasteiger partial charge on any atom is -0.490 e. The summed E-state index contributed by atoms with van der Waals surface area (Å²) in [4.78, 5) is 17.1. The van der Waals surface area contributed by atoms with Crippen molar-refractivity contribution in [2.45, 2.75) is 25.4 Å². The lowest BCUT2D eigenvalue weighted by atomic mass is 9.96. The molecular formula is C22H18FN5O2. The van der Waals surface area contributed by atoms with E-state index in [4.69, 9.17) is 4.74 Å². The number of anilines is 1. The Morgan fingerprint density at radius 1 is 1.07 bits per heavy atom. The molecule has 1 fully saturated rings. The number of carbonyl (C=O) groups is 1. The van der Waals surface area contributed by atoms with E-state index >= 15 is 0 Å². The molecule has 0 saturated heterocycles. The topological polar surface area (TPSA) is 92.8 Å². The predicted molar refractivity (Wildman–Crippen MR) is 110 cm³/mol. The van der Waals surface area contributed by atoms with Gasteiger partial charge in [-0.25, -0.2) is 9.37 Å². The molecule has 5 rings (SSSR count). The van der Waals surface area contributed by atoms with E-state index in [0.717, 1.165) is 18.6 Å². The molecule has 2 aromatic heterocycles. The number of nitrogens with one attached hydrogen (secondary N) is 2. The second kappa shape index (κ2) is 7.55. The van der Waals surface area contributed by atoms with Crippen LogP contribution < -0.4 is 10.1 Å². The maximum absolute atomic E-state index is 14.4. The van der Waals surface area contributed by atoms with E-state index in [0.29, 0.717) is 28.1 Å². The monoisotopic (exact) mass is 403 g/mol. The molecule has 2 heterocycles. The number of nitrogens with zero attached hydrogens (tertiary/aromatic N) is 3. The number of amides is 1. The normalized spacial score (nSPS) is 13.8. The van der Waals surface area contributed by atoms with Gasteiger partial charge in [0.1, 0.15) is 17.1 Å². The van der Waals surface area contributed by atoms with Crippen molar-refractivity contribution in [3.8, 4) is 17.0 Å². The number of pyridine rings is 1. The molecule has 8 heteroatoms. The Bertz CT molecular complexity index is 1220. The van der Waals surface area contributed by atoms with Gasteiger partial charge in [0, 0.05) is 11.3 Å². The van der Waals surface area contributed by atoms with Gasteiger partial charge in [0.05, 0.1) is 17.4 Å². The number of carbonyl (C=O) groups excluding carboxylic acids is 1. The van der Waals surface area contributed by atoms with Crippen molar-refractivity contribution in [2.24, 2.45) is 0 Å². The second-order valence-corrected chi connectivity index (χ2v) is 7.21. The number of aromatic nitrogens is 4. The van der Waals surface area contributed by atoms with Crippen LogP contribution in [0.3, 0.4) is 0 Å². The lowest BCUT2D eigenvalue weighted by molar-refractivity contribution is 0.102. The van der Waals surface area contributed by atoms with Crippen molar-refractivity contribution in [1.82, 2.24) is 20.4 Å². The van der Waals surface area contributed by atoms with Crippen LogP contribution in [0, 0.1) is 5.82 Å². The highest BCUT2D eigenvalue weighted by Crippen LogP contribution is 2.27. The van der Waals surface area contributed by atoms with Crippen LogP contribution in [0.5, 0.6) is 5.75 Å². The molecule has 2 N–H and O–H groups in total. The molecule has 7 nitrogen and oxygen atoms in total. The summed E-state index contributed by atoms with van der Waals surface area (Å²) < 4.78 is 20.2. The number of hydrogen-bond acceptors (Lipinski definition) is 5. The van der Waals surface area contributed by atoms with Gasteiger partial charge in [-0.1, -0.05) is 0 Å². The van der Waals surface area contributed by atoms with Gasteiger partial charge in [-0.15, -0.1) is 5.10 Å². The maximum Gasteiger partial charge on any atom is 0.258 e. The summed E-state index contributed by atoms with van der Waals surface area (Å²) in [6, 6.07) is 14.9. The number of rotatable bonds is 5. The van der Waals surface area contributed by atoms with E-state index in [2.05, 4.69) is 25.7 Å². The van der Waals surface area contributed by atoms with Crippen LogP contribution >= 0.6 is 0 Å². The molecule has 1 aliphatic carbocycles. The third-order valence-corrected chi connectivity index (χ3v) is 5.15. The summed E-state index contributed by atoms with van der Waals surface area (Å²) in [6.45, 7) is 0. The van der Waals surface area contributed by atoms with E-state index in [-0.39, 0.29) is 11.7 Å². The molecule has 0 atom stereocenters. The van der Waals surface area contributed by atoms with Crippen molar-refractivity contribution in [2.75, 3.05) is 5.32 Å². The Hall–Kier alpha value is -3.81. The Balaban J connectivity index is 1.35. The fraction of sp³-hybridized carbons (Fsp3) is 0.182. The van der Waals surface area contributed by atoms with Gasteiger partial charge in [-0.3, -0.25) is 4.79 Å². The summed E-state index contributed by atoms with van der Waals surface area (Å²) in [5.74, 6) is -0.381. The average molecular weight is 403 g/mol. The Morgan fingerprint density at radius 2 is 1.90 bits per heavy atom. The first-order valence-corrected chi connectivity index (χ1v) is 9.71. The molecule has 1 amide bonds. The first-order chi connectivity index (χ1) is 14.7. The molecule has 0 bridgehead atoms. The van der Waals surface area contributed by atoms with Crippen LogP contribution in [0.2, 0.25) is 0 Å². The maximum atomic E-state index is 14.4. The van der Waals surface area contributed by atoms with E-state index < -0.39 is 11.7 Å². The fourth-order valence-electron chi connectivity index (χ4n) is 3.25. The van der Waals surface area contributed by atoms with Crippen molar-refractivity contribution in [3.05, 3.63) is 66.0 Å². The van der Waals surface area contributed by atoms with Gasteiger partial charge in [0.2, 0.25) is 5.65 Å². The predicted octanol–water partition coefficient (Wildman–Crippen LogP) is 4.34. The molecule has 1 aliphatic rings. The van der Waals surface area contributed by atoms with Gasteiger partial charge >= 0.3 is 0 Å². The highest BCUT2D eigenvalue weighted by atomic mass is 19.1. The van der Waals surface area contributed by atoms with Crippen molar-refractivity contribution >= 4 is 22.8 Å². The average Bonchev–Trinajstić information content (AvgIpc) is 3.20. The molecule has 0 radical (unpaired) electrons. The van der Waals surface area contributed by atoms with Crippen LogP contribution in [-0.4, -0.2) is 32.4 Å². The standard InChI is InChI=1S/C22H18FN5O2/c23-18-9-4-13(19-10-11-20-21(25-19)27-28-26-20)12-17(18)22(29)24-14-5-7-16(8-6-14)30-15-2-1-3-15/h4-12,15H,1-3H2,(H,24,29)(H,25,26,27,28). The summed E-state index contributed by atoms with van der Waals surface area (Å²) in [5, 5.41) is 13.2. The molecule has 1 saturated carbocycles. The fourth-order valence-corrected chi connectivity index (χ4v) is 3.25. The summed E-state index contributed by atoms with van der Waals surface area (Å²) in [6.07, 6.45) is 3.64. The summed E-state index contributed by atoms with van der Waals surface area (Å²) >= 11 is 0. The van der Waals surface area contributed by atoms with Gasteiger partial charge in [0.15, 0.2) is 0 Å². The number of fused-ring (bicyclic) bond motifs is 1. The minimum absolute atomic E-state index is 0.0654. The lowest BCUT2D eigenvalue weighted by Gasteiger charge is -2.26. The van der Waals surface area contributed by atoms with E-state index in [1.807, 2.05) is 0 Å². The second-order valence-electron chi connectivity index (χ2n) is 7.21. The zero-order valence-electron chi connectivity index (χ0n) is 15.9. The summed E-state index contributed by atoms with van der Waals surface area (Å²) in [5.41, 5.74) is 2.76. The Kier molecular flexibility index (Phi) is 4.59. The van der Waals surface area contributed by atoms with Gasteiger partial charge in [-0.05, 0) is 73.9 Å². The third kappa shape index (κ3) is 3.59. The van der Waals surface area contributed by atoms with Crippen molar-refractivity contribution in [1.29, 1.82) is 0 Å². The molecule has 0 aliphatic heterocycles. The zero-order chi connectivity index (χ0) is 20.5. The Labute approximate surface area is 171 Å². The Morgan fingerprint density at radius 3 is 2.67 bits per heavy atom. The van der Waals surface area contributed by atoms with Crippen LogP contribution in [0.25, 0.3) is 22.4 Å². The molecule has 0 spiro atoms. The molecule has 4 aromatic rings. The highest BCUT2D eigenvalue weighted by Gasteiger charge is 2.19. The minimum atomic E-state index is -0.608. The van der Waals surface area contributed by atoms with Crippen molar-refractivity contribution < 1.29 is 13.9 Å². The molecule has 2 aromatic carbocycles. The third-order valence-electron chi connectivity index (χ3n) is 5.15. The van der Waals surface area contributed by atoms with Crippen LogP contribution in [-0.2, 0) is 0 Å². The van der Waals surface area contributed by atoms with E-state index in [1.165, 1.54) is 18.6 Å². The number of ether oxygens (including phenoxy) is 1. The number of hydrogen-bond donors (Lipinski definition) is 2. The number of aromatic amines is 1. The molecule has 30 heavy (non-hydrogen) atoms. The van der Waals surface area contributed by atoms with Crippen molar-refractivity contribution in [3.63, 3.8) is 0 Å². The SMILES string of the molecule is O=C(Nc1ccc(OC2CCC2)cc1)c1cc(-c2ccc3n[nH]nc3n2)ccc1F. The van der Waals surface area contributed by atoms with Crippen LogP contribution in [0.15, 0.2) is 54.6 Å². The summed E-state index contributed by atoms with van der Waals surface area (Å²) in [7, 11) is 0. The van der Waals surface area contributed by atoms with Crippen LogP contribution in [0.4, 0.5) is 10.1 Å². The highest BCUT2D eigenvalue weighted by molar-refractivity contribution is 6.05. The first-order valence-electron chi connectivity index (χ1n) is 9.71. The quantitative estimate of drug-likeness (QED) is 0.517. The number of benzene rings is 2. The lowest BCUT2D eigenvalue weighted by Crippen LogP contribution is -2.24. The number of halogens is 1. The smallest absolute Gasteiger partial charge is 0.258 e. The molecular weight excluding hydrogens is 385 g/mol. The first kappa shape index (κ1) is 18.2. The van der Waals surface area contributed by atoms with Gasteiger partial charge in [-0.2, -0.15) is 10.3 Å². The number of H-pyrrole nitrogens is 1. The molecule has 150 valence electrons. The van der Waals surface area contributed by atoms with Crippen LogP contribution in [0.1, 0.15) is 29.6 Å². The van der Waals surface area contributed by atoms with Gasteiger partial charge in [0.25, 0.3) is 5.91 Å². The van der Waals surface area contributed by atoms with Gasteiger partial charge < -0.3 is 10.1 Å². The largest absolute Gasteiger partial charge is 0.490 e. The molecule has 0 unspecified atom stereocenters.